The van der Waals surface area contributed by atoms with E-state index in [0.717, 1.165) is 39.1 Å². The van der Waals surface area contributed by atoms with Gasteiger partial charge in [-0.05, 0) is 65.9 Å². The molecule has 6 aromatic rings. The molecule has 0 saturated carbocycles. The van der Waals surface area contributed by atoms with Gasteiger partial charge in [0.05, 0.1) is 47.8 Å². The highest BCUT2D eigenvalue weighted by Gasteiger charge is 2.36. The van der Waals surface area contributed by atoms with Gasteiger partial charge in [0.25, 0.3) is 0 Å². The molecule has 0 amide bonds. The average Bonchev–Trinajstić information content (AvgIpc) is 3.60. The normalized spacial score (nSPS) is 11.5. The van der Waals surface area contributed by atoms with Gasteiger partial charge in [-0.1, -0.05) is 66.7 Å². The van der Waals surface area contributed by atoms with Crippen molar-refractivity contribution in [3.8, 4) is 73.8 Å². The monoisotopic (exact) mass is 755 g/mol. The maximum atomic E-state index is 14.5. The molecular formula is C46H45NO9. The molecule has 0 radical (unpaired) electrons. The number of aryl methyl sites for hydroxylation is 1. The Bertz CT molecular complexity index is 2330. The van der Waals surface area contributed by atoms with Crippen molar-refractivity contribution in [2.24, 2.45) is 0 Å². The maximum Gasteiger partial charge on any atom is 0.355 e. The zero-order chi connectivity index (χ0) is 39.2. The molecule has 7 rings (SSSR count). The number of methoxy groups -OCH3 is 5. The van der Waals surface area contributed by atoms with Gasteiger partial charge in [-0.2, -0.15) is 0 Å². The topological polar surface area (TPSA) is 95.8 Å². The second kappa shape index (κ2) is 16.9. The van der Waals surface area contributed by atoms with Gasteiger partial charge < -0.3 is 42.5 Å². The summed E-state index contributed by atoms with van der Waals surface area (Å²) in [5.74, 6) is 3.24. The SMILES string of the molecule is CCOC(=O)c1c(-c2cc(OC)c(OCc3ccccc3)cc2OCc2ccccc2)c(-c2ccc(OC)c(OC)c2)c2n1CCc1cc(OC)c(OC)cc1-2. The van der Waals surface area contributed by atoms with Crippen LogP contribution in [-0.2, 0) is 30.9 Å². The van der Waals surface area contributed by atoms with Crippen LogP contribution < -0.4 is 33.2 Å². The minimum absolute atomic E-state index is 0.180. The number of carbonyl (C=O) groups excluding carboxylic acids is 1. The molecule has 1 aliphatic rings. The predicted molar refractivity (Wildman–Crippen MR) is 215 cm³/mol. The fourth-order valence-corrected chi connectivity index (χ4v) is 7.25. The molecule has 1 aliphatic heterocycles. The molecule has 2 heterocycles. The number of rotatable bonds is 15. The Hall–Kier alpha value is -6.55. The minimum atomic E-state index is -0.475. The summed E-state index contributed by atoms with van der Waals surface area (Å²) in [6.07, 6.45) is 0.627. The summed E-state index contributed by atoms with van der Waals surface area (Å²) in [6, 6.07) is 33.3. The molecule has 0 saturated heterocycles. The number of carbonyl (C=O) groups is 1. The number of benzene rings is 5. The van der Waals surface area contributed by atoms with Crippen LogP contribution >= 0.6 is 0 Å². The lowest BCUT2D eigenvalue weighted by molar-refractivity contribution is 0.0514. The summed E-state index contributed by atoms with van der Waals surface area (Å²) in [5.41, 5.74) is 7.81. The number of hydrogen-bond acceptors (Lipinski definition) is 9. The summed E-state index contributed by atoms with van der Waals surface area (Å²) in [4.78, 5) is 14.5. The Kier molecular flexibility index (Phi) is 11.4. The van der Waals surface area contributed by atoms with Crippen molar-refractivity contribution in [3.63, 3.8) is 0 Å². The molecule has 1 aromatic heterocycles. The van der Waals surface area contributed by atoms with Crippen molar-refractivity contribution >= 4 is 5.97 Å². The summed E-state index contributed by atoms with van der Waals surface area (Å²) in [5, 5.41) is 0. The molecule has 0 aliphatic carbocycles. The Morgan fingerprint density at radius 1 is 0.571 bits per heavy atom. The van der Waals surface area contributed by atoms with Gasteiger partial charge in [0.2, 0.25) is 0 Å². The highest BCUT2D eigenvalue weighted by atomic mass is 16.5. The first-order valence-electron chi connectivity index (χ1n) is 18.4. The van der Waals surface area contributed by atoms with E-state index < -0.39 is 5.97 Å². The first-order chi connectivity index (χ1) is 27.4. The van der Waals surface area contributed by atoms with Crippen molar-refractivity contribution < 1.29 is 42.7 Å². The average molecular weight is 756 g/mol. The first kappa shape index (κ1) is 37.8. The standard InChI is InChI=1S/C46H45NO9/c1-7-54-46(48)45-43(34-25-40(53-6)41(56-28-30-16-12-9-13-17-30)26-36(34)55-27-29-14-10-8-11-15-29)42(32-18-19-35(49-2)37(23-32)50-3)44-33-24-39(52-5)38(51-4)22-31(33)20-21-47(44)45/h8-19,22-26H,7,20-21,27-28H2,1-6H3. The highest BCUT2D eigenvalue weighted by molar-refractivity contribution is 6.08. The number of fused-ring (bicyclic) bond motifs is 3. The van der Waals surface area contributed by atoms with E-state index >= 15 is 0 Å². The lowest BCUT2D eigenvalue weighted by atomic mass is 9.89. The van der Waals surface area contributed by atoms with Gasteiger partial charge in [-0.25, -0.2) is 4.79 Å². The second-order valence-corrected chi connectivity index (χ2v) is 13.1. The molecule has 288 valence electrons. The number of esters is 1. The fourth-order valence-electron chi connectivity index (χ4n) is 7.25. The predicted octanol–water partition coefficient (Wildman–Crippen LogP) is 9.42. The zero-order valence-electron chi connectivity index (χ0n) is 32.5. The van der Waals surface area contributed by atoms with E-state index in [2.05, 4.69) is 0 Å². The van der Waals surface area contributed by atoms with Crippen LogP contribution in [0.4, 0.5) is 0 Å². The molecule has 0 fully saturated rings. The number of nitrogens with zero attached hydrogens (tertiary/aromatic N) is 1. The summed E-state index contributed by atoms with van der Waals surface area (Å²) in [7, 11) is 8.03. The second-order valence-electron chi connectivity index (χ2n) is 13.1. The molecule has 56 heavy (non-hydrogen) atoms. The molecule has 0 spiro atoms. The number of hydrogen-bond donors (Lipinski definition) is 0. The van der Waals surface area contributed by atoms with Crippen LogP contribution in [0, 0.1) is 0 Å². The third-order valence-corrected chi connectivity index (χ3v) is 9.88. The van der Waals surface area contributed by atoms with E-state index in [-0.39, 0.29) is 13.2 Å². The van der Waals surface area contributed by atoms with Gasteiger partial charge in [0, 0.05) is 34.9 Å². The molecule has 0 bridgehead atoms. The van der Waals surface area contributed by atoms with Crippen molar-refractivity contribution in [2.45, 2.75) is 33.1 Å². The quantitative estimate of drug-likeness (QED) is 0.0951. The van der Waals surface area contributed by atoms with E-state index in [1.807, 2.05) is 108 Å². The number of ether oxygens (including phenoxy) is 8. The summed E-state index contributed by atoms with van der Waals surface area (Å²) in [6.45, 7) is 3.03. The Labute approximate surface area is 327 Å². The van der Waals surface area contributed by atoms with E-state index in [0.29, 0.717) is 76.6 Å². The van der Waals surface area contributed by atoms with Crippen LogP contribution in [-0.4, -0.2) is 52.7 Å². The molecule has 10 heteroatoms. The third-order valence-electron chi connectivity index (χ3n) is 9.88. The number of aromatic nitrogens is 1. The van der Waals surface area contributed by atoms with Crippen LogP contribution in [0.1, 0.15) is 34.1 Å². The van der Waals surface area contributed by atoms with Crippen LogP contribution in [0.2, 0.25) is 0 Å². The van der Waals surface area contributed by atoms with Crippen molar-refractivity contribution in [2.75, 3.05) is 42.2 Å². The van der Waals surface area contributed by atoms with Gasteiger partial charge in [-0.15, -0.1) is 0 Å². The van der Waals surface area contributed by atoms with Gasteiger partial charge >= 0.3 is 5.97 Å². The third kappa shape index (κ3) is 7.30. The Morgan fingerprint density at radius 2 is 1.12 bits per heavy atom. The molecule has 0 atom stereocenters. The van der Waals surface area contributed by atoms with E-state index in [9.17, 15) is 4.79 Å². The van der Waals surface area contributed by atoms with Crippen LogP contribution in [0.3, 0.4) is 0 Å². The summed E-state index contributed by atoms with van der Waals surface area (Å²) < 4.78 is 50.0. The molecule has 0 N–H and O–H groups in total. The van der Waals surface area contributed by atoms with E-state index in [1.54, 1.807) is 42.5 Å². The Morgan fingerprint density at radius 3 is 1.73 bits per heavy atom. The molecular weight excluding hydrogens is 711 g/mol. The largest absolute Gasteiger partial charge is 0.493 e. The van der Waals surface area contributed by atoms with Crippen LogP contribution in [0.15, 0.2) is 103 Å². The summed E-state index contributed by atoms with van der Waals surface area (Å²) >= 11 is 0. The fraction of sp³-hybridized carbons (Fsp3) is 0.239. The molecule has 5 aromatic carbocycles. The highest BCUT2D eigenvalue weighted by Crippen LogP contribution is 2.53. The lowest BCUT2D eigenvalue weighted by Gasteiger charge is -2.24. The smallest absolute Gasteiger partial charge is 0.355 e. The van der Waals surface area contributed by atoms with Gasteiger partial charge in [0.15, 0.2) is 34.5 Å². The minimum Gasteiger partial charge on any atom is -0.493 e. The van der Waals surface area contributed by atoms with Crippen LogP contribution in [0.5, 0.6) is 40.2 Å². The van der Waals surface area contributed by atoms with E-state index in [1.165, 1.54) is 0 Å². The zero-order valence-corrected chi connectivity index (χ0v) is 32.5. The Balaban J connectivity index is 1.55. The van der Waals surface area contributed by atoms with Crippen LogP contribution in [0.25, 0.3) is 33.5 Å². The molecule has 10 nitrogen and oxygen atoms in total. The van der Waals surface area contributed by atoms with Gasteiger partial charge in [0.1, 0.15) is 24.7 Å². The van der Waals surface area contributed by atoms with E-state index in [4.69, 9.17) is 37.9 Å². The van der Waals surface area contributed by atoms with Crippen molar-refractivity contribution in [1.82, 2.24) is 4.57 Å². The van der Waals surface area contributed by atoms with Crippen molar-refractivity contribution in [1.29, 1.82) is 0 Å². The lowest BCUT2D eigenvalue weighted by Crippen LogP contribution is -2.18. The maximum absolute atomic E-state index is 14.5. The van der Waals surface area contributed by atoms with Crippen molar-refractivity contribution in [3.05, 3.63) is 126 Å². The first-order valence-corrected chi connectivity index (χ1v) is 18.4. The van der Waals surface area contributed by atoms with Gasteiger partial charge in [-0.3, -0.25) is 0 Å². The molecule has 0 unspecified atom stereocenters.